The summed E-state index contributed by atoms with van der Waals surface area (Å²) in [5, 5.41) is 19.4. The van der Waals surface area contributed by atoms with Gasteiger partial charge in [-0.1, -0.05) is 24.3 Å². The van der Waals surface area contributed by atoms with Crippen LogP contribution in [0.5, 0.6) is 17.2 Å². The van der Waals surface area contributed by atoms with Gasteiger partial charge in [-0.25, -0.2) is 5.01 Å². The molecule has 2 aliphatic heterocycles. The van der Waals surface area contributed by atoms with Crippen molar-refractivity contribution in [3.05, 3.63) is 75.5 Å². The van der Waals surface area contributed by atoms with Crippen molar-refractivity contribution >= 4 is 17.0 Å². The second kappa shape index (κ2) is 7.12. The van der Waals surface area contributed by atoms with Crippen LogP contribution in [0.4, 0.5) is 0 Å². The number of hydrogen-bond donors (Lipinski definition) is 1. The van der Waals surface area contributed by atoms with E-state index < -0.39 is 0 Å². The van der Waals surface area contributed by atoms with Crippen LogP contribution in [-0.2, 0) is 0 Å². The van der Waals surface area contributed by atoms with Crippen molar-refractivity contribution < 1.29 is 14.6 Å². The number of para-hydroxylation sites is 2. The van der Waals surface area contributed by atoms with Gasteiger partial charge < -0.3 is 14.6 Å². The molecule has 6 heteroatoms. The van der Waals surface area contributed by atoms with Crippen LogP contribution in [0.2, 0.25) is 0 Å². The molecule has 2 aromatic carbocycles. The zero-order valence-corrected chi connectivity index (χ0v) is 17.1. The number of rotatable bonds is 4. The number of thiophene rings is 1. The Kier molecular flexibility index (Phi) is 4.43. The molecule has 5 rings (SSSR count). The van der Waals surface area contributed by atoms with Gasteiger partial charge in [0.2, 0.25) is 6.23 Å². The number of nitrogens with zero attached hydrogens (tertiary/aromatic N) is 2. The highest BCUT2D eigenvalue weighted by molar-refractivity contribution is 7.10. The van der Waals surface area contributed by atoms with Gasteiger partial charge in [0.05, 0.1) is 23.2 Å². The van der Waals surface area contributed by atoms with E-state index in [-0.39, 0.29) is 18.0 Å². The molecule has 2 aliphatic rings. The van der Waals surface area contributed by atoms with Crippen molar-refractivity contribution in [1.29, 1.82) is 0 Å². The predicted octanol–water partition coefficient (Wildman–Crippen LogP) is 5.40. The second-order valence-electron chi connectivity index (χ2n) is 7.21. The molecule has 0 radical (unpaired) electrons. The van der Waals surface area contributed by atoms with Gasteiger partial charge in [-0.05, 0) is 49.1 Å². The Morgan fingerprint density at radius 3 is 2.83 bits per heavy atom. The van der Waals surface area contributed by atoms with E-state index in [0.717, 1.165) is 33.2 Å². The molecule has 1 aromatic heterocycles. The van der Waals surface area contributed by atoms with Crippen LogP contribution in [0.3, 0.4) is 0 Å². The molecular formula is C23H22N2O3S. The van der Waals surface area contributed by atoms with Crippen molar-refractivity contribution in [3.63, 3.8) is 0 Å². The first-order valence-electron chi connectivity index (χ1n) is 9.78. The van der Waals surface area contributed by atoms with Crippen molar-refractivity contribution in [3.8, 4) is 17.2 Å². The molecule has 1 N–H and O–H groups in total. The van der Waals surface area contributed by atoms with E-state index >= 15 is 0 Å². The Balaban J connectivity index is 1.64. The van der Waals surface area contributed by atoms with Crippen LogP contribution in [0.25, 0.3) is 0 Å². The molecule has 0 fully saturated rings. The molecule has 0 spiro atoms. The highest BCUT2D eigenvalue weighted by Gasteiger charge is 2.43. The number of hydrogen-bond acceptors (Lipinski definition) is 6. The highest BCUT2D eigenvalue weighted by Crippen LogP contribution is 2.52. The van der Waals surface area contributed by atoms with Gasteiger partial charge >= 0.3 is 0 Å². The zero-order chi connectivity index (χ0) is 20.0. The molecule has 0 bridgehead atoms. The van der Waals surface area contributed by atoms with Crippen LogP contribution in [-0.4, -0.2) is 22.4 Å². The highest BCUT2D eigenvalue weighted by atomic mass is 32.1. The summed E-state index contributed by atoms with van der Waals surface area (Å²) < 4.78 is 12.4. The Hall–Kier alpha value is -2.99. The lowest BCUT2D eigenvalue weighted by Gasteiger charge is -2.38. The molecule has 5 nitrogen and oxygen atoms in total. The molecule has 0 amide bonds. The number of hydrazone groups is 1. The SMILES string of the molecule is CCOc1cccc2c1OC(c1sccc1C)N1N=C(c3ccccc3O)CC21. The van der Waals surface area contributed by atoms with E-state index in [1.165, 1.54) is 5.56 Å². The molecule has 2 unspecified atom stereocenters. The number of phenolic OH excluding ortho intramolecular Hbond substituents is 1. The first-order valence-corrected chi connectivity index (χ1v) is 10.7. The van der Waals surface area contributed by atoms with Crippen LogP contribution in [0.1, 0.15) is 47.2 Å². The van der Waals surface area contributed by atoms with E-state index in [1.54, 1.807) is 17.4 Å². The summed E-state index contributed by atoms with van der Waals surface area (Å²) in [6, 6.07) is 15.5. The van der Waals surface area contributed by atoms with Crippen molar-refractivity contribution in [2.24, 2.45) is 5.10 Å². The maximum atomic E-state index is 10.4. The van der Waals surface area contributed by atoms with E-state index in [1.807, 2.05) is 42.3 Å². The minimum atomic E-state index is -0.322. The van der Waals surface area contributed by atoms with Gasteiger partial charge in [0.15, 0.2) is 11.5 Å². The average molecular weight is 407 g/mol. The van der Waals surface area contributed by atoms with Crippen LogP contribution in [0, 0.1) is 6.92 Å². The minimum Gasteiger partial charge on any atom is -0.507 e. The molecule has 0 aliphatic carbocycles. The third-order valence-electron chi connectivity index (χ3n) is 5.42. The molecule has 29 heavy (non-hydrogen) atoms. The van der Waals surface area contributed by atoms with E-state index in [9.17, 15) is 5.11 Å². The number of ether oxygens (including phenoxy) is 2. The van der Waals surface area contributed by atoms with E-state index in [0.29, 0.717) is 13.0 Å². The lowest BCUT2D eigenvalue weighted by Crippen LogP contribution is -2.33. The van der Waals surface area contributed by atoms with Crippen LogP contribution >= 0.6 is 11.3 Å². The standard InChI is InChI=1S/C23H22N2O3S/c1-3-27-20-10-6-8-16-18-13-17(15-7-4-5-9-19(15)26)24-25(18)23(28-21(16)20)22-14(2)11-12-29-22/h4-12,18,23,26H,3,13H2,1-2H3. The summed E-state index contributed by atoms with van der Waals surface area (Å²) in [5.41, 5.74) is 3.88. The smallest absolute Gasteiger partial charge is 0.223 e. The maximum Gasteiger partial charge on any atom is 0.223 e. The monoisotopic (exact) mass is 406 g/mol. The van der Waals surface area contributed by atoms with Gasteiger partial charge in [0.25, 0.3) is 0 Å². The van der Waals surface area contributed by atoms with Crippen LogP contribution in [0.15, 0.2) is 59.0 Å². The fraction of sp³-hybridized carbons (Fsp3) is 0.261. The van der Waals surface area contributed by atoms with Gasteiger partial charge in [0.1, 0.15) is 5.75 Å². The summed E-state index contributed by atoms with van der Waals surface area (Å²) >= 11 is 1.67. The molecule has 148 valence electrons. The number of fused-ring (bicyclic) bond motifs is 3. The Bertz CT molecular complexity index is 1090. The molecular weight excluding hydrogens is 384 g/mol. The Morgan fingerprint density at radius 1 is 1.21 bits per heavy atom. The number of aromatic hydroxyl groups is 1. The molecule has 0 saturated heterocycles. The average Bonchev–Trinajstić information content (AvgIpc) is 3.35. The van der Waals surface area contributed by atoms with Crippen molar-refractivity contribution in [2.45, 2.75) is 32.5 Å². The third kappa shape index (κ3) is 2.95. The Labute approximate surface area is 173 Å². The zero-order valence-electron chi connectivity index (χ0n) is 16.3. The topological polar surface area (TPSA) is 54.3 Å². The lowest BCUT2D eigenvalue weighted by atomic mass is 9.95. The summed E-state index contributed by atoms with van der Waals surface area (Å²) in [5.74, 6) is 1.81. The fourth-order valence-corrected chi connectivity index (χ4v) is 4.99. The van der Waals surface area contributed by atoms with Gasteiger partial charge in [0, 0.05) is 17.5 Å². The Morgan fingerprint density at radius 2 is 2.07 bits per heavy atom. The van der Waals surface area contributed by atoms with Gasteiger partial charge in [-0.15, -0.1) is 11.3 Å². The molecule has 3 heterocycles. The lowest BCUT2D eigenvalue weighted by molar-refractivity contribution is -0.0191. The maximum absolute atomic E-state index is 10.4. The first kappa shape index (κ1) is 18.1. The van der Waals surface area contributed by atoms with Crippen molar-refractivity contribution in [1.82, 2.24) is 5.01 Å². The molecule has 2 atom stereocenters. The quantitative estimate of drug-likeness (QED) is 0.630. The minimum absolute atomic E-state index is 0.0280. The summed E-state index contributed by atoms with van der Waals surface area (Å²) in [6.07, 6.45) is 0.377. The van der Waals surface area contributed by atoms with Gasteiger partial charge in [-0.3, -0.25) is 0 Å². The first-order chi connectivity index (χ1) is 14.2. The summed E-state index contributed by atoms with van der Waals surface area (Å²) in [7, 11) is 0. The van der Waals surface area contributed by atoms with Crippen LogP contribution < -0.4 is 9.47 Å². The molecule has 0 saturated carbocycles. The van der Waals surface area contributed by atoms with Gasteiger partial charge in [-0.2, -0.15) is 5.10 Å². The number of benzene rings is 2. The van der Waals surface area contributed by atoms with Crippen molar-refractivity contribution in [2.75, 3.05) is 6.61 Å². The fourth-order valence-electron chi connectivity index (χ4n) is 4.04. The number of aryl methyl sites for hydroxylation is 1. The normalized spacial score (nSPS) is 19.9. The largest absolute Gasteiger partial charge is 0.507 e. The van der Waals surface area contributed by atoms with E-state index in [4.69, 9.17) is 14.6 Å². The summed E-state index contributed by atoms with van der Waals surface area (Å²) in [4.78, 5) is 1.13. The summed E-state index contributed by atoms with van der Waals surface area (Å²) in [6.45, 7) is 4.65. The third-order valence-corrected chi connectivity index (χ3v) is 6.47. The predicted molar refractivity (Wildman–Crippen MR) is 114 cm³/mol. The van der Waals surface area contributed by atoms with E-state index in [2.05, 4.69) is 24.4 Å². The second-order valence-corrected chi connectivity index (χ2v) is 8.16. The number of phenols is 1. The molecule has 3 aromatic rings.